The van der Waals surface area contributed by atoms with Gasteiger partial charge in [-0.1, -0.05) is 24.6 Å². The molecule has 1 amide bonds. The van der Waals surface area contributed by atoms with E-state index in [1.807, 2.05) is 6.92 Å². The summed E-state index contributed by atoms with van der Waals surface area (Å²) in [5, 5.41) is 3.14. The number of carbonyl (C=O) groups is 1. The maximum Gasteiger partial charge on any atom is 0.222 e. The van der Waals surface area contributed by atoms with E-state index < -0.39 is 0 Å². The number of carbonyl (C=O) groups excluding carboxylic acids is 1. The Kier molecular flexibility index (Phi) is 4.28. The van der Waals surface area contributed by atoms with E-state index in [-0.39, 0.29) is 11.9 Å². The molecule has 0 saturated carbocycles. The van der Waals surface area contributed by atoms with Gasteiger partial charge in [0, 0.05) is 12.5 Å². The summed E-state index contributed by atoms with van der Waals surface area (Å²) < 4.78 is 0. The monoisotopic (exact) mass is 305 g/mol. The van der Waals surface area contributed by atoms with E-state index in [9.17, 15) is 4.79 Å². The van der Waals surface area contributed by atoms with Crippen LogP contribution in [0.4, 0.5) is 17.5 Å². The maximum atomic E-state index is 11.4. The highest BCUT2D eigenvalue weighted by atomic mass is 35.5. The molecule has 21 heavy (non-hydrogen) atoms. The van der Waals surface area contributed by atoms with Crippen LogP contribution >= 0.6 is 11.6 Å². The Morgan fingerprint density at radius 3 is 2.62 bits per heavy atom. The number of hydrogen-bond acceptors (Lipinski definition) is 5. The quantitative estimate of drug-likeness (QED) is 0.755. The van der Waals surface area contributed by atoms with Crippen molar-refractivity contribution in [2.24, 2.45) is 0 Å². The third-order valence-corrected chi connectivity index (χ3v) is 3.26. The Labute approximate surface area is 127 Å². The number of anilines is 3. The minimum Gasteiger partial charge on any atom is -0.398 e. The van der Waals surface area contributed by atoms with Crippen LogP contribution in [0.25, 0.3) is 11.1 Å². The molecule has 0 spiro atoms. The molecule has 0 radical (unpaired) electrons. The molecular formula is C14H16ClN5O. The molecule has 5 N–H and O–H groups in total. The molecule has 0 saturated heterocycles. The molecule has 1 aromatic carbocycles. The molecule has 2 rings (SSSR count). The van der Waals surface area contributed by atoms with Crippen molar-refractivity contribution in [1.82, 2.24) is 9.97 Å². The number of hydrogen-bond donors (Lipinski definition) is 3. The first-order valence-corrected chi connectivity index (χ1v) is 6.79. The molecule has 7 heteroatoms. The Morgan fingerprint density at radius 1 is 1.33 bits per heavy atom. The van der Waals surface area contributed by atoms with Crippen LogP contribution in [0.2, 0.25) is 5.02 Å². The molecule has 0 aliphatic carbocycles. The van der Waals surface area contributed by atoms with Crippen molar-refractivity contribution >= 4 is 35.0 Å². The fraction of sp³-hybridized carbons (Fsp3) is 0.214. The van der Waals surface area contributed by atoms with Gasteiger partial charge in [-0.15, -0.1) is 0 Å². The van der Waals surface area contributed by atoms with E-state index in [1.165, 1.54) is 6.92 Å². The van der Waals surface area contributed by atoms with Crippen LogP contribution < -0.4 is 16.8 Å². The second-order valence-corrected chi connectivity index (χ2v) is 4.93. The lowest BCUT2D eigenvalue weighted by atomic mass is 10.0. The Morgan fingerprint density at radius 2 is 2.05 bits per heavy atom. The van der Waals surface area contributed by atoms with Crippen molar-refractivity contribution < 1.29 is 4.79 Å². The summed E-state index contributed by atoms with van der Waals surface area (Å²) in [6.07, 6.45) is 0.636. The largest absolute Gasteiger partial charge is 0.398 e. The first-order chi connectivity index (χ1) is 9.92. The third-order valence-electron chi connectivity index (χ3n) is 2.92. The second kappa shape index (κ2) is 5.97. The minimum absolute atomic E-state index is 0.112. The zero-order valence-corrected chi connectivity index (χ0v) is 12.5. The molecule has 0 fully saturated rings. The van der Waals surface area contributed by atoms with Crippen molar-refractivity contribution in [3.05, 3.63) is 28.9 Å². The fourth-order valence-electron chi connectivity index (χ4n) is 2.04. The molecule has 0 aliphatic heterocycles. The first kappa shape index (κ1) is 15.1. The highest BCUT2D eigenvalue weighted by Gasteiger charge is 2.16. The van der Waals surface area contributed by atoms with Gasteiger partial charge < -0.3 is 16.8 Å². The van der Waals surface area contributed by atoms with Crippen LogP contribution in [-0.4, -0.2) is 15.9 Å². The molecule has 2 aromatic rings. The van der Waals surface area contributed by atoms with Gasteiger partial charge in [0.2, 0.25) is 11.9 Å². The number of nitrogens with one attached hydrogen (secondary N) is 1. The molecule has 1 heterocycles. The molecule has 0 aliphatic rings. The molecule has 110 valence electrons. The van der Waals surface area contributed by atoms with Gasteiger partial charge in [0.05, 0.1) is 16.4 Å². The standard InChI is InChI=1S/C14H16ClN5O/c1-3-11-12(8-4-5-9(15)10(16)6-8)13(18-7(2)21)20-14(17)19-11/h4-6H,3,16H2,1-2H3,(H3,17,18,19,20,21). The number of nitrogens with two attached hydrogens (primary N) is 2. The van der Waals surface area contributed by atoms with Crippen molar-refractivity contribution in [3.63, 3.8) is 0 Å². The smallest absolute Gasteiger partial charge is 0.222 e. The van der Waals surface area contributed by atoms with E-state index in [4.69, 9.17) is 23.1 Å². The van der Waals surface area contributed by atoms with Crippen molar-refractivity contribution in [1.29, 1.82) is 0 Å². The lowest BCUT2D eigenvalue weighted by Gasteiger charge is -2.14. The van der Waals surface area contributed by atoms with Gasteiger partial charge in [-0.2, -0.15) is 4.98 Å². The van der Waals surface area contributed by atoms with Gasteiger partial charge in [0.25, 0.3) is 0 Å². The maximum absolute atomic E-state index is 11.4. The van der Waals surface area contributed by atoms with Crippen LogP contribution in [0.1, 0.15) is 19.5 Å². The predicted molar refractivity (Wildman–Crippen MR) is 85.0 cm³/mol. The lowest BCUT2D eigenvalue weighted by Crippen LogP contribution is -2.13. The van der Waals surface area contributed by atoms with Crippen molar-refractivity contribution in [2.45, 2.75) is 20.3 Å². The van der Waals surface area contributed by atoms with Crippen LogP contribution in [-0.2, 0) is 11.2 Å². The Bertz CT molecular complexity index is 702. The summed E-state index contributed by atoms with van der Waals surface area (Å²) in [7, 11) is 0. The van der Waals surface area contributed by atoms with Crippen LogP contribution in [0.3, 0.4) is 0 Å². The molecule has 6 nitrogen and oxygen atoms in total. The first-order valence-electron chi connectivity index (χ1n) is 6.41. The summed E-state index contributed by atoms with van der Waals surface area (Å²) in [6.45, 7) is 3.35. The van der Waals surface area contributed by atoms with Crippen molar-refractivity contribution in [3.8, 4) is 11.1 Å². The zero-order valence-electron chi connectivity index (χ0n) is 11.8. The van der Waals surface area contributed by atoms with Gasteiger partial charge in [-0.3, -0.25) is 4.79 Å². The molecular weight excluding hydrogens is 290 g/mol. The summed E-state index contributed by atoms with van der Waals surface area (Å²) in [4.78, 5) is 19.7. The van der Waals surface area contributed by atoms with Crippen LogP contribution in [0.5, 0.6) is 0 Å². The Balaban J connectivity index is 2.68. The number of rotatable bonds is 3. The number of benzene rings is 1. The second-order valence-electron chi connectivity index (χ2n) is 4.52. The molecule has 1 aromatic heterocycles. The van der Waals surface area contributed by atoms with E-state index in [0.29, 0.717) is 28.5 Å². The van der Waals surface area contributed by atoms with Gasteiger partial charge >= 0.3 is 0 Å². The fourth-order valence-corrected chi connectivity index (χ4v) is 2.16. The average Bonchev–Trinajstić information content (AvgIpc) is 2.40. The molecule has 0 bridgehead atoms. The van der Waals surface area contributed by atoms with E-state index in [0.717, 1.165) is 11.3 Å². The summed E-state index contributed by atoms with van der Waals surface area (Å²) in [5.41, 5.74) is 14.2. The number of halogens is 1. The highest BCUT2D eigenvalue weighted by molar-refractivity contribution is 6.33. The number of amides is 1. The van der Waals surface area contributed by atoms with Gasteiger partial charge in [0.15, 0.2) is 0 Å². The van der Waals surface area contributed by atoms with Gasteiger partial charge in [-0.05, 0) is 24.1 Å². The Hall–Kier alpha value is -2.34. The number of nitrogens with zero attached hydrogens (tertiary/aromatic N) is 2. The van der Waals surface area contributed by atoms with E-state index in [2.05, 4.69) is 15.3 Å². The molecule has 0 unspecified atom stereocenters. The summed E-state index contributed by atoms with van der Waals surface area (Å²) in [5.74, 6) is 0.244. The average molecular weight is 306 g/mol. The third kappa shape index (κ3) is 3.22. The summed E-state index contributed by atoms with van der Waals surface area (Å²) in [6, 6.07) is 5.22. The van der Waals surface area contributed by atoms with Crippen molar-refractivity contribution in [2.75, 3.05) is 16.8 Å². The number of nitrogen functional groups attached to an aromatic ring is 2. The van der Waals surface area contributed by atoms with Crippen LogP contribution in [0, 0.1) is 0 Å². The number of aryl methyl sites for hydroxylation is 1. The lowest BCUT2D eigenvalue weighted by molar-refractivity contribution is -0.114. The predicted octanol–water partition coefficient (Wildman–Crippen LogP) is 2.48. The number of aromatic nitrogens is 2. The highest BCUT2D eigenvalue weighted by Crippen LogP contribution is 2.33. The van der Waals surface area contributed by atoms with Gasteiger partial charge in [-0.25, -0.2) is 4.98 Å². The van der Waals surface area contributed by atoms with Crippen LogP contribution in [0.15, 0.2) is 18.2 Å². The molecule has 0 atom stereocenters. The van der Waals surface area contributed by atoms with E-state index in [1.54, 1.807) is 18.2 Å². The topological polar surface area (TPSA) is 107 Å². The minimum atomic E-state index is -0.238. The van der Waals surface area contributed by atoms with E-state index >= 15 is 0 Å². The van der Waals surface area contributed by atoms with Gasteiger partial charge in [0.1, 0.15) is 5.82 Å². The zero-order chi connectivity index (χ0) is 15.6. The SMILES string of the molecule is CCc1nc(N)nc(NC(C)=O)c1-c1ccc(Cl)c(N)c1. The normalized spacial score (nSPS) is 10.4. The summed E-state index contributed by atoms with van der Waals surface area (Å²) >= 11 is 5.95.